The van der Waals surface area contributed by atoms with Crippen molar-refractivity contribution in [2.75, 3.05) is 0 Å². The van der Waals surface area contributed by atoms with Gasteiger partial charge in [-0.05, 0) is 23.9 Å². The summed E-state index contributed by atoms with van der Waals surface area (Å²) in [5.74, 6) is -2.82. The van der Waals surface area contributed by atoms with Gasteiger partial charge in [0.2, 0.25) is 0 Å². The minimum atomic E-state index is -0.990. The first-order valence-electron chi connectivity index (χ1n) is 6.87. The van der Waals surface area contributed by atoms with Crippen LogP contribution < -0.4 is 0 Å². The Morgan fingerprint density at radius 2 is 1.77 bits per heavy atom. The number of carboxylic acid groups (broad SMARTS) is 1. The van der Waals surface area contributed by atoms with Crippen LogP contribution in [-0.4, -0.2) is 21.0 Å². The van der Waals surface area contributed by atoms with Gasteiger partial charge in [0.05, 0.1) is 6.57 Å². The normalized spacial score (nSPS) is 9.12. The molecule has 3 aromatic rings. The molecular weight excluding hydrogens is 520 g/mol. The molecule has 0 saturated carbocycles. The number of rotatable bonds is 2. The molecule has 0 atom stereocenters. The van der Waals surface area contributed by atoms with E-state index in [0.29, 0.717) is 5.69 Å². The van der Waals surface area contributed by atoms with Crippen molar-refractivity contribution >= 4 is 11.7 Å². The number of halogens is 2. The Morgan fingerprint density at radius 3 is 2.23 bits per heavy atom. The van der Waals surface area contributed by atoms with Gasteiger partial charge in [0.25, 0.3) is 0 Å². The summed E-state index contributed by atoms with van der Waals surface area (Å²) >= 11 is 0. The predicted molar refractivity (Wildman–Crippen MR) is 85.9 cm³/mol. The molecule has 5 nitrogen and oxygen atoms in total. The van der Waals surface area contributed by atoms with Crippen LogP contribution >= 0.6 is 0 Å². The van der Waals surface area contributed by atoms with Crippen molar-refractivity contribution in [1.82, 2.24) is 9.97 Å². The molecule has 0 aliphatic carbocycles. The minimum absolute atomic E-state index is 0. The SMILES string of the molecule is O=C(O)c1ccccn1.[C-]#[N+]c1c(F)c[c-]c(-c2ccccn2)c1F.[Ir]. The van der Waals surface area contributed by atoms with Crippen LogP contribution in [0.4, 0.5) is 14.5 Å². The molecule has 0 aliphatic heterocycles. The van der Waals surface area contributed by atoms with Gasteiger partial charge in [0.15, 0.2) is 5.69 Å². The maximum atomic E-state index is 13.7. The number of hydrogen-bond acceptors (Lipinski definition) is 3. The Hall–Kier alpha value is -3.01. The number of hydrogen-bond donors (Lipinski definition) is 1. The zero-order valence-electron chi connectivity index (χ0n) is 13.0. The molecule has 0 saturated heterocycles. The third-order valence-electron chi connectivity index (χ3n) is 2.91. The number of carboxylic acids is 1. The second-order valence-corrected chi connectivity index (χ2v) is 4.52. The molecule has 1 aromatic carbocycles. The maximum absolute atomic E-state index is 13.7. The summed E-state index contributed by atoms with van der Waals surface area (Å²) in [6.45, 7) is 6.70. The first-order chi connectivity index (χ1) is 12.0. The Kier molecular flexibility index (Phi) is 8.16. The van der Waals surface area contributed by atoms with Crippen LogP contribution in [0.3, 0.4) is 0 Å². The average molecular weight is 531 g/mol. The predicted octanol–water partition coefficient (Wildman–Crippen LogP) is 4.16. The van der Waals surface area contributed by atoms with E-state index in [1.54, 1.807) is 30.3 Å². The third-order valence-corrected chi connectivity index (χ3v) is 2.91. The molecule has 0 unspecified atom stereocenters. The molecule has 2 heterocycles. The fraction of sp³-hybridized carbons (Fsp3) is 0. The molecule has 0 amide bonds. The average Bonchev–Trinajstić information content (AvgIpc) is 2.64. The summed E-state index contributed by atoms with van der Waals surface area (Å²) in [5.41, 5.74) is -0.213. The Balaban J connectivity index is 0.000000290. The summed E-state index contributed by atoms with van der Waals surface area (Å²) < 4.78 is 26.7. The van der Waals surface area contributed by atoms with Gasteiger partial charge in [-0.1, -0.05) is 18.2 Å². The van der Waals surface area contributed by atoms with Gasteiger partial charge < -0.3 is 10.1 Å². The number of aromatic carboxylic acids is 1. The van der Waals surface area contributed by atoms with Crippen LogP contribution in [0, 0.1) is 24.3 Å². The Labute approximate surface area is 161 Å². The van der Waals surface area contributed by atoms with Gasteiger partial charge in [-0.25, -0.2) is 9.78 Å². The monoisotopic (exact) mass is 531 g/mol. The first-order valence-corrected chi connectivity index (χ1v) is 6.87. The van der Waals surface area contributed by atoms with Crippen molar-refractivity contribution in [3.63, 3.8) is 0 Å². The smallest absolute Gasteiger partial charge is 0.354 e. The largest absolute Gasteiger partial charge is 0.477 e. The molecule has 0 bridgehead atoms. The van der Waals surface area contributed by atoms with E-state index in [9.17, 15) is 13.6 Å². The van der Waals surface area contributed by atoms with Crippen LogP contribution in [0.2, 0.25) is 0 Å². The summed E-state index contributed by atoms with van der Waals surface area (Å²) in [4.78, 5) is 20.4. The number of nitrogens with zero attached hydrogens (tertiary/aromatic N) is 3. The molecule has 133 valence electrons. The van der Waals surface area contributed by atoms with Crippen molar-refractivity contribution in [3.8, 4) is 11.3 Å². The van der Waals surface area contributed by atoms with E-state index in [1.165, 1.54) is 18.5 Å². The van der Waals surface area contributed by atoms with Crippen LogP contribution in [0.15, 0.2) is 54.9 Å². The molecule has 2 aromatic heterocycles. The van der Waals surface area contributed by atoms with Gasteiger partial charge in [-0.2, -0.15) is 0 Å². The summed E-state index contributed by atoms with van der Waals surface area (Å²) in [7, 11) is 0. The standard InChI is InChI=1S/C12H5F2N2.C6H5NO2.Ir/c1-15-12-9(13)6-5-8(11(12)14)10-4-2-3-7-16-10;8-6(9)5-3-1-2-4-7-5;/h2-4,6-7H;1-4H,(H,8,9);/q-1;;. The quantitative estimate of drug-likeness (QED) is 0.506. The van der Waals surface area contributed by atoms with Crippen molar-refractivity contribution in [1.29, 1.82) is 0 Å². The molecule has 8 heteroatoms. The van der Waals surface area contributed by atoms with Gasteiger partial charge >= 0.3 is 5.97 Å². The second-order valence-electron chi connectivity index (χ2n) is 4.52. The number of aromatic nitrogens is 2. The van der Waals surface area contributed by atoms with Crippen LogP contribution in [-0.2, 0) is 20.1 Å². The van der Waals surface area contributed by atoms with Crippen LogP contribution in [0.25, 0.3) is 16.1 Å². The summed E-state index contributed by atoms with van der Waals surface area (Å²) in [5, 5.41) is 8.32. The van der Waals surface area contributed by atoms with Gasteiger partial charge in [0.1, 0.15) is 5.69 Å². The van der Waals surface area contributed by atoms with Crippen LogP contribution in [0.1, 0.15) is 10.5 Å². The molecule has 26 heavy (non-hydrogen) atoms. The third kappa shape index (κ3) is 5.24. The van der Waals surface area contributed by atoms with E-state index in [0.717, 1.165) is 6.07 Å². The van der Waals surface area contributed by atoms with E-state index in [4.69, 9.17) is 11.7 Å². The molecule has 0 fully saturated rings. The molecule has 3 rings (SSSR count). The van der Waals surface area contributed by atoms with Crippen molar-refractivity contribution in [2.45, 2.75) is 0 Å². The fourth-order valence-electron chi connectivity index (χ4n) is 1.78. The molecule has 0 spiro atoms. The van der Waals surface area contributed by atoms with E-state index < -0.39 is 23.3 Å². The zero-order valence-corrected chi connectivity index (χ0v) is 15.4. The number of carbonyl (C=O) groups is 1. The summed E-state index contributed by atoms with van der Waals surface area (Å²) in [6, 6.07) is 13.1. The van der Waals surface area contributed by atoms with E-state index in [-0.39, 0.29) is 31.4 Å². The van der Waals surface area contributed by atoms with Crippen LogP contribution in [0.5, 0.6) is 0 Å². The van der Waals surface area contributed by atoms with Crippen molar-refractivity contribution < 1.29 is 38.8 Å². The molecular formula is C18H10F2IrN3O2-. The van der Waals surface area contributed by atoms with Gasteiger partial charge in [-0.3, -0.25) is 13.6 Å². The summed E-state index contributed by atoms with van der Waals surface area (Å²) in [6.07, 6.45) is 2.94. The van der Waals surface area contributed by atoms with E-state index in [1.807, 2.05) is 0 Å². The Morgan fingerprint density at radius 1 is 1.12 bits per heavy atom. The molecule has 1 N–H and O–H groups in total. The molecule has 0 aliphatic rings. The van der Waals surface area contributed by atoms with Gasteiger partial charge in [-0.15, -0.1) is 17.7 Å². The van der Waals surface area contributed by atoms with Crippen molar-refractivity contribution in [2.24, 2.45) is 0 Å². The van der Waals surface area contributed by atoms with Gasteiger partial charge in [0, 0.05) is 44.1 Å². The first kappa shape index (κ1) is 21.0. The Bertz CT molecular complexity index is 917. The number of benzene rings is 1. The number of pyridine rings is 2. The topological polar surface area (TPSA) is 67.4 Å². The van der Waals surface area contributed by atoms with E-state index >= 15 is 0 Å². The molecule has 1 radical (unpaired) electrons. The minimum Gasteiger partial charge on any atom is -0.477 e. The maximum Gasteiger partial charge on any atom is 0.354 e. The van der Waals surface area contributed by atoms with Crippen molar-refractivity contribution in [3.05, 3.63) is 89.7 Å². The second kappa shape index (κ2) is 10.1. The fourth-order valence-corrected chi connectivity index (χ4v) is 1.78. The van der Waals surface area contributed by atoms with E-state index in [2.05, 4.69) is 20.9 Å². The zero-order chi connectivity index (χ0) is 18.2.